The largest absolute Gasteiger partial charge is 0.435 e. The number of aryl methyl sites for hydroxylation is 1. The van der Waals surface area contributed by atoms with Crippen LogP contribution in [-0.4, -0.2) is 28.8 Å². The van der Waals surface area contributed by atoms with E-state index in [4.69, 9.17) is 0 Å². The Hall–Kier alpha value is -3.36. The zero-order valence-electron chi connectivity index (χ0n) is 14.8. The van der Waals surface area contributed by atoms with Crippen LogP contribution in [0.25, 0.3) is 11.0 Å². The van der Waals surface area contributed by atoms with Gasteiger partial charge in [0, 0.05) is 12.1 Å². The lowest BCUT2D eigenvalue weighted by Gasteiger charge is -2.30. The summed E-state index contributed by atoms with van der Waals surface area (Å²) in [5, 5.41) is 0. The average Bonchev–Trinajstić information content (AvgIpc) is 3.08. The minimum Gasteiger partial charge on any atom is -0.435 e. The normalized spacial score (nSPS) is 16.3. The molecule has 28 heavy (non-hydrogen) atoms. The molecule has 0 amide bonds. The molecule has 6 nitrogen and oxygen atoms in total. The van der Waals surface area contributed by atoms with Gasteiger partial charge in [0.05, 0.1) is 11.9 Å². The van der Waals surface area contributed by atoms with Crippen molar-refractivity contribution in [1.29, 1.82) is 0 Å². The number of ether oxygens (including phenoxy) is 1. The van der Waals surface area contributed by atoms with Gasteiger partial charge in [0.1, 0.15) is 23.4 Å². The molecule has 2 aromatic carbocycles. The Morgan fingerprint density at radius 1 is 1.14 bits per heavy atom. The minimum absolute atomic E-state index is 0.0529. The Labute approximate surface area is 158 Å². The minimum atomic E-state index is -2.89. The smallest absolute Gasteiger partial charge is 0.387 e. The van der Waals surface area contributed by atoms with Gasteiger partial charge in [-0.15, -0.1) is 0 Å². The predicted molar refractivity (Wildman–Crippen MR) is 101 cm³/mol. The van der Waals surface area contributed by atoms with Crippen LogP contribution in [0.5, 0.6) is 5.75 Å². The first-order valence-corrected chi connectivity index (χ1v) is 8.62. The van der Waals surface area contributed by atoms with Gasteiger partial charge in [-0.3, -0.25) is 9.47 Å². The maximum Gasteiger partial charge on any atom is 0.387 e. The number of anilines is 1. The molecule has 0 N–H and O–H groups in total. The number of fused-ring (bicyclic) bond motifs is 1. The topological polar surface area (TPSA) is 55.0 Å². The number of alkyl halides is 2. The van der Waals surface area contributed by atoms with E-state index in [-0.39, 0.29) is 11.3 Å². The Bertz CT molecular complexity index is 1050. The lowest BCUT2D eigenvalue weighted by molar-refractivity contribution is -0.0498. The summed E-state index contributed by atoms with van der Waals surface area (Å²) < 4.78 is 45.2. The van der Waals surface area contributed by atoms with Gasteiger partial charge in [-0.2, -0.15) is 8.78 Å². The number of aliphatic imine (C=N–C) groups is 2. The summed E-state index contributed by atoms with van der Waals surface area (Å²) in [4.78, 5) is 14.7. The number of benzene rings is 2. The van der Waals surface area contributed by atoms with Gasteiger partial charge in [0.15, 0.2) is 5.82 Å². The van der Waals surface area contributed by atoms with Crippen molar-refractivity contribution >= 4 is 29.4 Å². The molecular weight excluding hydrogens is 371 g/mol. The van der Waals surface area contributed by atoms with Crippen molar-refractivity contribution in [3.05, 3.63) is 54.1 Å². The number of hydrogen-bond acceptors (Lipinski definition) is 5. The van der Waals surface area contributed by atoms with E-state index in [1.54, 1.807) is 35.5 Å². The second kappa shape index (κ2) is 7.34. The molecule has 0 saturated carbocycles. The number of nitrogens with zero attached hydrogens (tertiary/aromatic N) is 5. The third-order valence-corrected chi connectivity index (χ3v) is 4.36. The van der Waals surface area contributed by atoms with Gasteiger partial charge in [-0.1, -0.05) is 13.0 Å². The van der Waals surface area contributed by atoms with E-state index >= 15 is 0 Å². The van der Waals surface area contributed by atoms with E-state index in [2.05, 4.69) is 19.7 Å². The average molecular weight is 387 g/mol. The molecule has 0 saturated heterocycles. The number of rotatable bonds is 5. The van der Waals surface area contributed by atoms with E-state index in [0.717, 1.165) is 0 Å². The van der Waals surface area contributed by atoms with Crippen LogP contribution in [0.3, 0.4) is 0 Å². The number of aromatic nitrogens is 2. The highest BCUT2D eigenvalue weighted by Crippen LogP contribution is 2.31. The Kier molecular flexibility index (Phi) is 4.72. The first-order valence-electron chi connectivity index (χ1n) is 8.62. The quantitative estimate of drug-likeness (QED) is 0.653. The van der Waals surface area contributed by atoms with Crippen molar-refractivity contribution in [3.8, 4) is 5.75 Å². The molecule has 1 aromatic heterocycles. The molecule has 1 unspecified atom stereocenters. The van der Waals surface area contributed by atoms with Crippen molar-refractivity contribution in [3.63, 3.8) is 0 Å². The van der Waals surface area contributed by atoms with Crippen LogP contribution in [0.2, 0.25) is 0 Å². The SMILES string of the molecule is CCc1nc2c(F)cccc2n1C1N=CN=CN1c1ccc(OC(F)F)cc1. The molecule has 144 valence electrons. The summed E-state index contributed by atoms with van der Waals surface area (Å²) in [6.45, 7) is -0.962. The third kappa shape index (κ3) is 3.19. The first-order chi connectivity index (χ1) is 13.6. The van der Waals surface area contributed by atoms with Crippen LogP contribution in [-0.2, 0) is 6.42 Å². The fourth-order valence-electron chi connectivity index (χ4n) is 3.16. The van der Waals surface area contributed by atoms with Gasteiger partial charge in [0.25, 0.3) is 0 Å². The van der Waals surface area contributed by atoms with E-state index in [9.17, 15) is 13.2 Å². The molecule has 1 aliphatic heterocycles. The van der Waals surface area contributed by atoms with Crippen molar-refractivity contribution in [1.82, 2.24) is 9.55 Å². The number of hydrogen-bond donors (Lipinski definition) is 0. The molecule has 4 rings (SSSR count). The summed E-state index contributed by atoms with van der Waals surface area (Å²) in [6.07, 6.45) is 2.98. The number of halogens is 3. The van der Waals surface area contributed by atoms with Crippen LogP contribution >= 0.6 is 0 Å². The summed E-state index contributed by atoms with van der Waals surface area (Å²) in [5.41, 5.74) is 1.54. The maximum atomic E-state index is 14.2. The second-order valence-corrected chi connectivity index (χ2v) is 6.01. The second-order valence-electron chi connectivity index (χ2n) is 6.01. The molecule has 1 aliphatic rings. The monoisotopic (exact) mass is 387 g/mol. The van der Waals surface area contributed by atoms with Crippen LogP contribution < -0.4 is 9.64 Å². The van der Waals surface area contributed by atoms with Crippen LogP contribution in [0.15, 0.2) is 52.4 Å². The van der Waals surface area contributed by atoms with E-state index in [0.29, 0.717) is 23.4 Å². The zero-order valence-corrected chi connectivity index (χ0v) is 14.8. The highest BCUT2D eigenvalue weighted by Gasteiger charge is 2.26. The Morgan fingerprint density at radius 2 is 1.93 bits per heavy atom. The van der Waals surface area contributed by atoms with Crippen LogP contribution in [0.1, 0.15) is 19.0 Å². The first kappa shape index (κ1) is 18.0. The molecule has 0 spiro atoms. The summed E-state index contributed by atoms with van der Waals surface area (Å²) in [7, 11) is 0. The summed E-state index contributed by atoms with van der Waals surface area (Å²) >= 11 is 0. The maximum absolute atomic E-state index is 14.2. The summed E-state index contributed by atoms with van der Waals surface area (Å²) in [5.74, 6) is 0.316. The van der Waals surface area contributed by atoms with Gasteiger partial charge in [0.2, 0.25) is 6.29 Å². The lowest BCUT2D eigenvalue weighted by atomic mass is 10.2. The highest BCUT2D eigenvalue weighted by molar-refractivity contribution is 5.88. The Balaban J connectivity index is 1.77. The highest BCUT2D eigenvalue weighted by atomic mass is 19.3. The fraction of sp³-hybridized carbons (Fsp3) is 0.211. The zero-order chi connectivity index (χ0) is 19.7. The van der Waals surface area contributed by atoms with Crippen molar-refractivity contribution in [2.75, 3.05) is 4.90 Å². The summed E-state index contributed by atoms with van der Waals surface area (Å²) in [6, 6.07) is 10.9. The molecule has 0 aliphatic carbocycles. The molecular formula is C19H16F3N5O. The van der Waals surface area contributed by atoms with Crippen molar-refractivity contribution in [2.24, 2.45) is 9.98 Å². The number of imidazole rings is 1. The molecule has 9 heteroatoms. The molecule has 0 fully saturated rings. The van der Waals surface area contributed by atoms with Gasteiger partial charge < -0.3 is 4.74 Å². The van der Waals surface area contributed by atoms with Crippen molar-refractivity contribution < 1.29 is 17.9 Å². The van der Waals surface area contributed by atoms with E-state index in [1.165, 1.54) is 24.5 Å². The molecule has 0 bridgehead atoms. The Morgan fingerprint density at radius 3 is 2.64 bits per heavy atom. The third-order valence-electron chi connectivity index (χ3n) is 4.36. The predicted octanol–water partition coefficient (Wildman–Crippen LogP) is 4.37. The molecule has 0 radical (unpaired) electrons. The van der Waals surface area contributed by atoms with Crippen molar-refractivity contribution in [2.45, 2.75) is 26.2 Å². The molecule has 3 aromatic rings. The van der Waals surface area contributed by atoms with Gasteiger partial charge >= 0.3 is 6.61 Å². The molecule has 1 atom stereocenters. The fourth-order valence-corrected chi connectivity index (χ4v) is 3.16. The van der Waals surface area contributed by atoms with Crippen LogP contribution in [0.4, 0.5) is 18.9 Å². The van der Waals surface area contributed by atoms with Gasteiger partial charge in [-0.25, -0.2) is 19.4 Å². The van der Waals surface area contributed by atoms with Crippen LogP contribution in [0, 0.1) is 5.82 Å². The van der Waals surface area contributed by atoms with E-state index in [1.807, 2.05) is 11.5 Å². The number of para-hydroxylation sites is 1. The molecule has 2 heterocycles. The lowest BCUT2D eigenvalue weighted by Crippen LogP contribution is -2.33. The van der Waals surface area contributed by atoms with Gasteiger partial charge in [-0.05, 0) is 36.4 Å². The van der Waals surface area contributed by atoms with E-state index < -0.39 is 18.7 Å². The standard InChI is InChI=1S/C19H16F3N5O/c1-2-16-25-17-14(20)4-3-5-15(17)27(16)19-24-10-23-11-26(19)12-6-8-13(9-7-12)28-18(21)22/h3-11,18-19H,2H2,1H3.